The van der Waals surface area contributed by atoms with E-state index in [-0.39, 0.29) is 25.4 Å². The van der Waals surface area contributed by atoms with Crippen LogP contribution in [0.5, 0.6) is 11.5 Å². The minimum atomic E-state index is -0.527. The molecule has 0 aliphatic heterocycles. The third kappa shape index (κ3) is 5.35. The van der Waals surface area contributed by atoms with Crippen LogP contribution in [0.25, 0.3) is 0 Å². The standard InChI is InChI=1S/C20H19NO5/c1-3-12-26-19-10-4-15(5-11-19)17(14-21(23)24)13-20(22)16-6-8-18(25-2)9-7-16/h1,4-11,17H,12-14H2,2H3. The fraction of sp³-hybridized carbons (Fsp3) is 0.250. The molecule has 2 aromatic carbocycles. The van der Waals surface area contributed by atoms with Gasteiger partial charge in [0.1, 0.15) is 18.1 Å². The van der Waals surface area contributed by atoms with Gasteiger partial charge in [0.25, 0.3) is 0 Å². The first kappa shape index (κ1) is 19.0. The smallest absolute Gasteiger partial charge is 0.211 e. The Morgan fingerprint density at radius 1 is 1.15 bits per heavy atom. The van der Waals surface area contributed by atoms with Crippen LogP contribution in [-0.2, 0) is 0 Å². The van der Waals surface area contributed by atoms with Crippen molar-refractivity contribution in [1.29, 1.82) is 0 Å². The second-order valence-corrected chi connectivity index (χ2v) is 5.63. The second kappa shape index (κ2) is 9.23. The van der Waals surface area contributed by atoms with Crippen LogP contribution in [0.4, 0.5) is 0 Å². The van der Waals surface area contributed by atoms with Crippen molar-refractivity contribution in [1.82, 2.24) is 0 Å². The van der Waals surface area contributed by atoms with Crippen molar-refractivity contribution in [2.45, 2.75) is 12.3 Å². The molecule has 2 rings (SSSR count). The molecule has 0 aromatic heterocycles. The maximum atomic E-state index is 12.5. The summed E-state index contributed by atoms with van der Waals surface area (Å²) in [5, 5.41) is 11.0. The van der Waals surface area contributed by atoms with Crippen molar-refractivity contribution in [3.05, 3.63) is 69.8 Å². The zero-order valence-corrected chi connectivity index (χ0v) is 14.4. The van der Waals surface area contributed by atoms with Crippen molar-refractivity contribution in [2.24, 2.45) is 0 Å². The van der Waals surface area contributed by atoms with Crippen LogP contribution in [-0.4, -0.2) is 31.0 Å². The van der Waals surface area contributed by atoms with E-state index in [1.54, 1.807) is 55.6 Å². The lowest BCUT2D eigenvalue weighted by atomic mass is 9.91. The molecule has 0 aliphatic carbocycles. The lowest BCUT2D eigenvalue weighted by Crippen LogP contribution is -2.16. The van der Waals surface area contributed by atoms with E-state index in [2.05, 4.69) is 5.92 Å². The molecule has 1 unspecified atom stereocenters. The van der Waals surface area contributed by atoms with Crippen LogP contribution in [0.1, 0.15) is 28.3 Å². The van der Waals surface area contributed by atoms with Crippen LogP contribution in [0.15, 0.2) is 48.5 Å². The summed E-state index contributed by atoms with van der Waals surface area (Å²) in [4.78, 5) is 23.1. The first-order valence-electron chi connectivity index (χ1n) is 7.98. The first-order chi connectivity index (χ1) is 12.5. The van der Waals surface area contributed by atoms with Crippen LogP contribution >= 0.6 is 0 Å². The van der Waals surface area contributed by atoms with Gasteiger partial charge in [0.2, 0.25) is 6.54 Å². The van der Waals surface area contributed by atoms with Crippen molar-refractivity contribution >= 4 is 5.78 Å². The predicted molar refractivity (Wildman–Crippen MR) is 97.3 cm³/mol. The van der Waals surface area contributed by atoms with Gasteiger partial charge in [-0.05, 0) is 42.0 Å². The third-order valence-electron chi connectivity index (χ3n) is 3.89. The van der Waals surface area contributed by atoms with Gasteiger partial charge in [-0.2, -0.15) is 0 Å². The van der Waals surface area contributed by atoms with E-state index in [1.165, 1.54) is 0 Å². The second-order valence-electron chi connectivity index (χ2n) is 5.63. The summed E-state index contributed by atoms with van der Waals surface area (Å²) in [5.41, 5.74) is 1.20. The van der Waals surface area contributed by atoms with Crippen LogP contribution in [0.3, 0.4) is 0 Å². The quantitative estimate of drug-likeness (QED) is 0.299. The summed E-state index contributed by atoms with van der Waals surface area (Å²) >= 11 is 0. The molecule has 0 spiro atoms. The molecular weight excluding hydrogens is 334 g/mol. The Morgan fingerprint density at radius 2 is 1.77 bits per heavy atom. The fourth-order valence-corrected chi connectivity index (χ4v) is 2.55. The van der Waals surface area contributed by atoms with Gasteiger partial charge in [0.05, 0.1) is 13.0 Å². The zero-order chi connectivity index (χ0) is 18.9. The van der Waals surface area contributed by atoms with Crippen LogP contribution in [0.2, 0.25) is 0 Å². The van der Waals surface area contributed by atoms with Gasteiger partial charge in [0, 0.05) is 16.9 Å². The Labute approximate surface area is 151 Å². The molecule has 6 nitrogen and oxygen atoms in total. The van der Waals surface area contributed by atoms with Gasteiger partial charge in [-0.25, -0.2) is 0 Å². The van der Waals surface area contributed by atoms with Gasteiger partial charge in [-0.15, -0.1) is 6.42 Å². The Bertz CT molecular complexity index is 790. The van der Waals surface area contributed by atoms with E-state index in [4.69, 9.17) is 15.9 Å². The average Bonchev–Trinajstić information content (AvgIpc) is 2.66. The maximum Gasteiger partial charge on any atom is 0.211 e. The van der Waals surface area contributed by atoms with E-state index in [0.717, 1.165) is 0 Å². The number of hydrogen-bond acceptors (Lipinski definition) is 5. The molecule has 0 radical (unpaired) electrons. The number of carbonyl (C=O) groups is 1. The molecule has 0 heterocycles. The highest BCUT2D eigenvalue weighted by Crippen LogP contribution is 2.25. The van der Waals surface area contributed by atoms with Gasteiger partial charge < -0.3 is 9.47 Å². The number of ketones is 1. The highest BCUT2D eigenvalue weighted by atomic mass is 16.6. The molecule has 0 N–H and O–H groups in total. The lowest BCUT2D eigenvalue weighted by molar-refractivity contribution is -0.483. The molecule has 0 saturated carbocycles. The molecule has 26 heavy (non-hydrogen) atoms. The lowest BCUT2D eigenvalue weighted by Gasteiger charge is -2.13. The molecule has 134 valence electrons. The van der Waals surface area contributed by atoms with Crippen molar-refractivity contribution < 1.29 is 19.2 Å². The number of ether oxygens (including phenoxy) is 2. The molecule has 6 heteroatoms. The average molecular weight is 353 g/mol. The fourth-order valence-electron chi connectivity index (χ4n) is 2.55. The molecular formula is C20H19NO5. The largest absolute Gasteiger partial charge is 0.497 e. The number of terminal acetylenes is 1. The van der Waals surface area contributed by atoms with Crippen LogP contribution in [0, 0.1) is 22.5 Å². The summed E-state index contributed by atoms with van der Waals surface area (Å²) in [5.74, 6) is 2.90. The number of benzene rings is 2. The first-order valence-corrected chi connectivity index (χ1v) is 7.98. The number of hydrogen-bond donors (Lipinski definition) is 0. The Hall–Kier alpha value is -3.33. The summed E-state index contributed by atoms with van der Waals surface area (Å²) in [7, 11) is 1.54. The van der Waals surface area contributed by atoms with E-state index in [0.29, 0.717) is 22.6 Å². The highest BCUT2D eigenvalue weighted by molar-refractivity contribution is 5.96. The normalized spacial score (nSPS) is 11.2. The van der Waals surface area contributed by atoms with Crippen LogP contribution < -0.4 is 9.47 Å². The van der Waals surface area contributed by atoms with Gasteiger partial charge >= 0.3 is 0 Å². The number of nitrogens with zero attached hydrogens (tertiary/aromatic N) is 1. The molecule has 0 saturated heterocycles. The molecule has 0 bridgehead atoms. The molecule has 0 amide bonds. The van der Waals surface area contributed by atoms with Crippen molar-refractivity contribution in [2.75, 3.05) is 20.3 Å². The van der Waals surface area contributed by atoms with Gasteiger partial charge in [0.15, 0.2) is 5.78 Å². The summed E-state index contributed by atoms with van der Waals surface area (Å²) < 4.78 is 10.4. The summed E-state index contributed by atoms with van der Waals surface area (Å²) in [6, 6.07) is 13.5. The predicted octanol–water partition coefficient (Wildman–Crippen LogP) is 3.34. The number of nitro groups is 1. The van der Waals surface area contributed by atoms with Crippen molar-refractivity contribution in [3.8, 4) is 23.8 Å². The monoisotopic (exact) mass is 353 g/mol. The number of rotatable bonds is 9. The zero-order valence-electron chi connectivity index (χ0n) is 14.4. The molecule has 1 atom stereocenters. The van der Waals surface area contributed by atoms with E-state index in [1.807, 2.05) is 0 Å². The third-order valence-corrected chi connectivity index (χ3v) is 3.89. The Morgan fingerprint density at radius 3 is 2.31 bits per heavy atom. The Kier molecular flexibility index (Phi) is 6.75. The number of carbonyl (C=O) groups excluding carboxylic acids is 1. The molecule has 0 aliphatic rings. The molecule has 0 fully saturated rings. The SMILES string of the molecule is C#CCOc1ccc(C(CC(=O)c2ccc(OC)cc2)C[N+](=O)[O-])cc1. The maximum absolute atomic E-state index is 12.5. The van der Waals surface area contributed by atoms with Crippen molar-refractivity contribution in [3.63, 3.8) is 0 Å². The van der Waals surface area contributed by atoms with Gasteiger partial charge in [-0.3, -0.25) is 14.9 Å². The number of Topliss-reactive ketones (excluding diaryl/α,β-unsaturated/α-hetero) is 1. The summed E-state index contributed by atoms with van der Waals surface area (Å²) in [6.07, 6.45) is 5.18. The van der Waals surface area contributed by atoms with Gasteiger partial charge in [-0.1, -0.05) is 18.1 Å². The Balaban J connectivity index is 2.14. The summed E-state index contributed by atoms with van der Waals surface area (Å²) in [6.45, 7) is -0.180. The minimum absolute atomic E-state index is 0.0396. The number of methoxy groups -OCH3 is 1. The molecule has 2 aromatic rings. The van der Waals surface area contributed by atoms with E-state index < -0.39 is 10.8 Å². The van der Waals surface area contributed by atoms with E-state index in [9.17, 15) is 14.9 Å². The minimum Gasteiger partial charge on any atom is -0.497 e. The topological polar surface area (TPSA) is 78.7 Å². The van der Waals surface area contributed by atoms with E-state index >= 15 is 0 Å². The highest BCUT2D eigenvalue weighted by Gasteiger charge is 2.22.